The van der Waals surface area contributed by atoms with E-state index in [9.17, 15) is 29.1 Å². The standard InChI is InChI=1S/C14H23NO4.C9H15NO3.C5H8O.3V/c1-6-9(4)12(16)10(5)13(17)15-11(8(2)3)7-19-14(15)18;1-4-8(11)10-7(6(2)3)5-13-9(10)12;1-3-5(2)4-6;;;/h6,8,10-12,16H,7H2,1-5H3;6-7H,4-5H2,1-3H3;3-4H,1-2H3;;;/b9-6+;;5-3+;;;/t10-,11+,12+;7-;;;;/m01..../s1. The Morgan fingerprint density at radius 1 is 0.878 bits per heavy atom. The Morgan fingerprint density at radius 3 is 1.61 bits per heavy atom. The van der Waals surface area contributed by atoms with Gasteiger partial charge in [-0.3, -0.25) is 14.4 Å². The van der Waals surface area contributed by atoms with Crippen LogP contribution in [0.4, 0.5) is 9.59 Å². The minimum Gasteiger partial charge on any atom is -0.447 e. The van der Waals surface area contributed by atoms with Crippen LogP contribution in [0.5, 0.6) is 0 Å². The number of allylic oxidation sites excluding steroid dienone is 3. The molecule has 0 spiro atoms. The van der Waals surface area contributed by atoms with Crippen LogP contribution in [0, 0.1) is 17.8 Å². The zero-order valence-corrected chi connectivity index (χ0v) is 30.0. The summed E-state index contributed by atoms with van der Waals surface area (Å²) < 4.78 is 9.78. The smallest absolute Gasteiger partial charge is 0.416 e. The van der Waals surface area contributed by atoms with Crippen molar-refractivity contribution in [2.24, 2.45) is 17.8 Å². The molecule has 0 bridgehead atoms. The predicted molar refractivity (Wildman–Crippen MR) is 144 cm³/mol. The van der Waals surface area contributed by atoms with Crippen LogP contribution >= 0.6 is 0 Å². The molecule has 10 nitrogen and oxygen atoms in total. The summed E-state index contributed by atoms with van der Waals surface area (Å²) in [6.45, 7) is 18.9. The Hall–Kier alpha value is -1.26. The van der Waals surface area contributed by atoms with Crippen molar-refractivity contribution >= 4 is 30.3 Å². The number of hydrogen-bond acceptors (Lipinski definition) is 8. The Labute approximate surface area is 281 Å². The maximum absolute atomic E-state index is 12.4. The molecule has 0 aliphatic carbocycles. The summed E-state index contributed by atoms with van der Waals surface area (Å²) in [5.74, 6) is -0.816. The molecule has 2 fully saturated rings. The van der Waals surface area contributed by atoms with Gasteiger partial charge in [0.05, 0.1) is 24.1 Å². The van der Waals surface area contributed by atoms with Crippen molar-refractivity contribution in [3.8, 4) is 0 Å². The van der Waals surface area contributed by atoms with E-state index in [-0.39, 0.29) is 98.0 Å². The minimum atomic E-state index is -0.876. The van der Waals surface area contributed by atoms with Crippen molar-refractivity contribution in [3.05, 3.63) is 23.3 Å². The quantitative estimate of drug-likeness (QED) is 0.235. The number of aliphatic hydroxyl groups is 1. The van der Waals surface area contributed by atoms with Crippen molar-refractivity contribution in [3.63, 3.8) is 0 Å². The molecule has 0 unspecified atom stereocenters. The number of carbonyl (C=O) groups excluding carboxylic acids is 5. The summed E-state index contributed by atoms with van der Waals surface area (Å²) in [6, 6.07) is -0.333. The first-order chi connectivity index (χ1) is 17.7. The molecule has 2 aliphatic rings. The first-order valence-corrected chi connectivity index (χ1v) is 13.1. The Morgan fingerprint density at radius 2 is 1.29 bits per heavy atom. The van der Waals surface area contributed by atoms with Crippen LogP contribution in [-0.2, 0) is 79.5 Å². The van der Waals surface area contributed by atoms with E-state index < -0.39 is 24.2 Å². The molecule has 2 aliphatic heterocycles. The SMILES string of the molecule is C/C=C(\C)C=O.C/C=C(\C)[C@@H](O)[C@H](C)C(=O)N1C(=O)OC[C@@H]1C(C)C.CCC(=O)N1C(=O)OC[C@@H]1C(C)C.[V].[V].[V]. The zero-order valence-electron chi connectivity index (χ0n) is 25.9. The van der Waals surface area contributed by atoms with Gasteiger partial charge >= 0.3 is 12.2 Å². The Balaban J connectivity index is -0.000000272. The number of cyclic esters (lactones) is 2. The number of ether oxygens (including phenoxy) is 2. The van der Waals surface area contributed by atoms with Crippen molar-refractivity contribution in [1.82, 2.24) is 9.80 Å². The molecule has 2 heterocycles. The summed E-state index contributed by atoms with van der Waals surface area (Å²) >= 11 is 0. The second kappa shape index (κ2) is 23.2. The third-order valence-electron chi connectivity index (χ3n) is 6.59. The average Bonchev–Trinajstić information content (AvgIpc) is 3.49. The maximum Gasteiger partial charge on any atom is 0.416 e. The van der Waals surface area contributed by atoms with Crippen LogP contribution < -0.4 is 0 Å². The van der Waals surface area contributed by atoms with Crippen molar-refractivity contribution in [1.29, 1.82) is 0 Å². The van der Waals surface area contributed by atoms with E-state index in [1.54, 1.807) is 46.8 Å². The Kier molecular flexibility index (Phi) is 26.5. The molecule has 0 aromatic rings. The molecule has 13 heteroatoms. The van der Waals surface area contributed by atoms with Gasteiger partial charge in [0.1, 0.15) is 19.5 Å². The predicted octanol–water partition coefficient (Wildman–Crippen LogP) is 4.50. The topological polar surface area (TPSA) is 131 Å². The number of imide groups is 2. The summed E-state index contributed by atoms with van der Waals surface area (Å²) in [7, 11) is 0. The number of rotatable bonds is 7. The van der Waals surface area contributed by atoms with Gasteiger partial charge in [-0.15, -0.1) is 0 Å². The molecule has 4 amide bonds. The van der Waals surface area contributed by atoms with E-state index in [4.69, 9.17) is 9.47 Å². The Bertz CT molecular complexity index is 909. The van der Waals surface area contributed by atoms with Gasteiger partial charge < -0.3 is 14.6 Å². The second-order valence-electron chi connectivity index (χ2n) is 10.0. The number of carbonyl (C=O) groups is 5. The first-order valence-electron chi connectivity index (χ1n) is 13.1. The van der Waals surface area contributed by atoms with Gasteiger partial charge in [0.15, 0.2) is 0 Å². The number of hydrogen-bond donors (Lipinski definition) is 1. The second-order valence-corrected chi connectivity index (χ2v) is 10.0. The monoisotopic (exact) mass is 691 g/mol. The molecule has 231 valence electrons. The molecule has 2 saturated heterocycles. The van der Waals surface area contributed by atoms with Crippen LogP contribution in [-0.4, -0.2) is 76.6 Å². The minimum absolute atomic E-state index is 0. The third kappa shape index (κ3) is 14.2. The van der Waals surface area contributed by atoms with Crippen LogP contribution in [0.3, 0.4) is 0 Å². The van der Waals surface area contributed by atoms with Gasteiger partial charge in [-0.2, -0.15) is 0 Å². The van der Waals surface area contributed by atoms with Gasteiger partial charge in [0.25, 0.3) is 0 Å². The van der Waals surface area contributed by atoms with Crippen LogP contribution in [0.25, 0.3) is 0 Å². The average molecular weight is 692 g/mol. The fourth-order valence-corrected chi connectivity index (χ4v) is 3.55. The summed E-state index contributed by atoms with van der Waals surface area (Å²) in [4.78, 5) is 58.7. The largest absolute Gasteiger partial charge is 0.447 e. The van der Waals surface area contributed by atoms with E-state index in [1.807, 2.05) is 34.6 Å². The molecule has 1 N–H and O–H groups in total. The number of aliphatic hydroxyl groups excluding tert-OH is 1. The molecular weight excluding hydrogens is 645 g/mol. The molecule has 2 rings (SSSR count). The van der Waals surface area contributed by atoms with E-state index >= 15 is 0 Å². The molecule has 0 aromatic carbocycles. The molecule has 0 saturated carbocycles. The maximum atomic E-state index is 12.4. The van der Waals surface area contributed by atoms with Crippen LogP contribution in [0.2, 0.25) is 0 Å². The summed E-state index contributed by atoms with van der Waals surface area (Å²) in [6.07, 6.45) is 2.73. The van der Waals surface area contributed by atoms with Crippen LogP contribution in [0.15, 0.2) is 23.3 Å². The van der Waals surface area contributed by atoms with E-state index in [1.165, 1.54) is 4.90 Å². The molecule has 3 radical (unpaired) electrons. The van der Waals surface area contributed by atoms with Gasteiger partial charge in [-0.25, -0.2) is 19.4 Å². The van der Waals surface area contributed by atoms with Gasteiger partial charge in [-0.1, -0.05) is 53.7 Å². The molecule has 0 aromatic heterocycles. The third-order valence-corrected chi connectivity index (χ3v) is 6.59. The van der Waals surface area contributed by atoms with Crippen molar-refractivity contribution < 1.29 is 94.2 Å². The summed E-state index contributed by atoms with van der Waals surface area (Å²) in [5.41, 5.74) is 1.50. The molecule has 41 heavy (non-hydrogen) atoms. The number of amides is 4. The summed E-state index contributed by atoms with van der Waals surface area (Å²) in [5, 5.41) is 10.1. The van der Waals surface area contributed by atoms with Gasteiger partial charge in [-0.05, 0) is 50.7 Å². The fraction of sp³-hybridized carbons (Fsp3) is 0.679. The van der Waals surface area contributed by atoms with Gasteiger partial charge in [0.2, 0.25) is 11.8 Å². The zero-order chi connectivity index (χ0) is 29.7. The van der Waals surface area contributed by atoms with Crippen molar-refractivity contribution in [2.45, 2.75) is 93.8 Å². The van der Waals surface area contributed by atoms with Crippen molar-refractivity contribution in [2.75, 3.05) is 13.2 Å². The fourth-order valence-electron chi connectivity index (χ4n) is 3.55. The molecular formula is C28H46N2O8V3. The van der Waals surface area contributed by atoms with E-state index in [2.05, 4.69) is 0 Å². The first kappa shape index (κ1) is 46.7. The number of nitrogens with zero attached hydrogens (tertiary/aromatic N) is 2. The molecule has 4 atom stereocenters. The van der Waals surface area contributed by atoms with Gasteiger partial charge in [0, 0.05) is 62.1 Å². The number of aldehydes is 1. The van der Waals surface area contributed by atoms with Crippen LogP contribution in [0.1, 0.15) is 75.7 Å². The van der Waals surface area contributed by atoms with E-state index in [0.717, 1.165) is 22.3 Å². The van der Waals surface area contributed by atoms with E-state index in [0.29, 0.717) is 13.0 Å². The normalized spacial score (nSPS) is 19.6.